The van der Waals surface area contributed by atoms with Gasteiger partial charge in [0.2, 0.25) is 5.91 Å². The molecular weight excluding hydrogens is 246 g/mol. The van der Waals surface area contributed by atoms with Gasteiger partial charge in [-0.15, -0.1) is 0 Å². The minimum absolute atomic E-state index is 0.136. The third-order valence-electron chi connectivity index (χ3n) is 2.62. The fourth-order valence-corrected chi connectivity index (χ4v) is 1.79. The highest BCUT2D eigenvalue weighted by Crippen LogP contribution is 2.16. The van der Waals surface area contributed by atoms with Crippen LogP contribution in [0.2, 0.25) is 0 Å². The van der Waals surface area contributed by atoms with E-state index in [0.717, 1.165) is 10.9 Å². The molecule has 6 nitrogen and oxygen atoms in total. The maximum absolute atomic E-state index is 12.0. The van der Waals surface area contributed by atoms with Crippen molar-refractivity contribution >= 4 is 22.7 Å². The maximum atomic E-state index is 12.0. The summed E-state index contributed by atoms with van der Waals surface area (Å²) in [6.07, 6.45) is 1.79. The third-order valence-corrected chi connectivity index (χ3v) is 2.62. The molecule has 0 spiro atoms. The number of aromatic amines is 1. The molecule has 6 heteroatoms. The SMILES string of the molecule is NC(=O)COCCNC(=O)c1cccc2[nH]ccc12. The zero-order valence-corrected chi connectivity index (χ0v) is 10.3. The van der Waals surface area contributed by atoms with Crippen molar-refractivity contribution in [3.05, 3.63) is 36.0 Å². The predicted octanol–water partition coefficient (Wildman–Crippen LogP) is 0.400. The fraction of sp³-hybridized carbons (Fsp3) is 0.231. The summed E-state index contributed by atoms with van der Waals surface area (Å²) in [4.78, 5) is 25.5. The summed E-state index contributed by atoms with van der Waals surface area (Å²) in [6, 6.07) is 7.34. The quantitative estimate of drug-likeness (QED) is 0.656. The van der Waals surface area contributed by atoms with Gasteiger partial charge in [-0.3, -0.25) is 9.59 Å². The van der Waals surface area contributed by atoms with Crippen molar-refractivity contribution in [3.63, 3.8) is 0 Å². The van der Waals surface area contributed by atoms with E-state index >= 15 is 0 Å². The van der Waals surface area contributed by atoms with Crippen LogP contribution in [0.4, 0.5) is 0 Å². The van der Waals surface area contributed by atoms with E-state index in [1.807, 2.05) is 18.2 Å². The second kappa shape index (κ2) is 6.01. The molecule has 2 rings (SSSR count). The molecule has 1 aromatic heterocycles. The van der Waals surface area contributed by atoms with Crippen LogP contribution in [0, 0.1) is 0 Å². The molecule has 0 aliphatic carbocycles. The topological polar surface area (TPSA) is 97.2 Å². The number of nitrogens with two attached hydrogens (primary N) is 1. The highest BCUT2D eigenvalue weighted by Gasteiger charge is 2.09. The lowest BCUT2D eigenvalue weighted by Gasteiger charge is -2.06. The molecule has 4 N–H and O–H groups in total. The van der Waals surface area contributed by atoms with E-state index in [-0.39, 0.29) is 19.1 Å². The first-order chi connectivity index (χ1) is 9.18. The van der Waals surface area contributed by atoms with Gasteiger partial charge in [0, 0.05) is 29.2 Å². The van der Waals surface area contributed by atoms with Crippen molar-refractivity contribution in [2.45, 2.75) is 0 Å². The number of carbonyl (C=O) groups is 2. The number of fused-ring (bicyclic) bond motifs is 1. The predicted molar refractivity (Wildman–Crippen MR) is 70.6 cm³/mol. The molecule has 0 aliphatic heterocycles. The number of rotatable bonds is 6. The largest absolute Gasteiger partial charge is 0.370 e. The number of amides is 2. The Morgan fingerprint density at radius 3 is 2.95 bits per heavy atom. The molecule has 19 heavy (non-hydrogen) atoms. The van der Waals surface area contributed by atoms with Crippen LogP contribution in [0.25, 0.3) is 10.9 Å². The molecule has 1 aromatic carbocycles. The average Bonchev–Trinajstić information content (AvgIpc) is 2.85. The summed E-state index contributed by atoms with van der Waals surface area (Å²) in [5, 5.41) is 3.60. The Morgan fingerprint density at radius 1 is 1.32 bits per heavy atom. The van der Waals surface area contributed by atoms with Gasteiger partial charge in [-0.1, -0.05) is 6.07 Å². The van der Waals surface area contributed by atoms with Crippen LogP contribution in [0.5, 0.6) is 0 Å². The van der Waals surface area contributed by atoms with Crippen molar-refractivity contribution < 1.29 is 14.3 Å². The minimum Gasteiger partial charge on any atom is -0.370 e. The van der Waals surface area contributed by atoms with Crippen LogP contribution in [-0.2, 0) is 9.53 Å². The summed E-state index contributed by atoms with van der Waals surface area (Å²) in [5.41, 5.74) is 6.44. The van der Waals surface area contributed by atoms with E-state index in [1.165, 1.54) is 0 Å². The summed E-state index contributed by atoms with van der Waals surface area (Å²) in [5.74, 6) is -0.698. The van der Waals surface area contributed by atoms with Crippen molar-refractivity contribution in [2.75, 3.05) is 19.8 Å². The highest BCUT2D eigenvalue weighted by atomic mass is 16.5. The summed E-state index contributed by atoms with van der Waals surface area (Å²) in [6.45, 7) is 0.438. The number of hydrogen-bond donors (Lipinski definition) is 3. The third kappa shape index (κ3) is 3.32. The Labute approximate surface area is 109 Å². The number of ether oxygens (including phenoxy) is 1. The lowest BCUT2D eigenvalue weighted by atomic mass is 10.1. The Morgan fingerprint density at radius 2 is 2.16 bits per heavy atom. The van der Waals surface area contributed by atoms with Crippen molar-refractivity contribution in [2.24, 2.45) is 5.73 Å². The van der Waals surface area contributed by atoms with Crippen LogP contribution in [0.3, 0.4) is 0 Å². The number of benzene rings is 1. The van der Waals surface area contributed by atoms with Gasteiger partial charge < -0.3 is 20.8 Å². The molecule has 0 radical (unpaired) electrons. The first-order valence-electron chi connectivity index (χ1n) is 5.89. The van der Waals surface area contributed by atoms with Crippen LogP contribution in [0.15, 0.2) is 30.5 Å². The minimum atomic E-state index is -0.525. The molecule has 0 saturated heterocycles. The zero-order chi connectivity index (χ0) is 13.7. The summed E-state index contributed by atoms with van der Waals surface area (Å²) < 4.78 is 4.96. The molecular formula is C13H15N3O3. The van der Waals surface area contributed by atoms with Crippen molar-refractivity contribution in [1.29, 1.82) is 0 Å². The number of nitrogens with one attached hydrogen (secondary N) is 2. The van der Waals surface area contributed by atoms with Gasteiger partial charge in [-0.25, -0.2) is 0 Å². The first kappa shape index (κ1) is 13.1. The molecule has 0 fully saturated rings. The van der Waals surface area contributed by atoms with E-state index in [2.05, 4.69) is 10.3 Å². The number of carbonyl (C=O) groups excluding carboxylic acids is 2. The Bertz CT molecular complexity index is 592. The van der Waals surface area contributed by atoms with Gasteiger partial charge in [0.25, 0.3) is 5.91 Å². The number of H-pyrrole nitrogens is 1. The molecule has 0 aliphatic rings. The number of hydrogen-bond acceptors (Lipinski definition) is 3. The number of primary amides is 1. The molecule has 0 saturated carbocycles. The van der Waals surface area contributed by atoms with Crippen molar-refractivity contribution in [1.82, 2.24) is 10.3 Å². The van der Waals surface area contributed by atoms with Crippen LogP contribution in [-0.4, -0.2) is 36.6 Å². The Balaban J connectivity index is 1.90. The van der Waals surface area contributed by atoms with Gasteiger partial charge in [-0.05, 0) is 18.2 Å². The summed E-state index contributed by atoms with van der Waals surface area (Å²) >= 11 is 0. The Hall–Kier alpha value is -2.34. The van der Waals surface area contributed by atoms with E-state index in [9.17, 15) is 9.59 Å². The van der Waals surface area contributed by atoms with Gasteiger partial charge >= 0.3 is 0 Å². The van der Waals surface area contributed by atoms with E-state index < -0.39 is 5.91 Å². The van der Waals surface area contributed by atoms with Crippen LogP contribution < -0.4 is 11.1 Å². The van der Waals surface area contributed by atoms with Crippen LogP contribution in [0.1, 0.15) is 10.4 Å². The molecule has 2 aromatic rings. The van der Waals surface area contributed by atoms with E-state index in [1.54, 1.807) is 12.3 Å². The average molecular weight is 261 g/mol. The Kier molecular flexibility index (Phi) is 4.15. The zero-order valence-electron chi connectivity index (χ0n) is 10.3. The smallest absolute Gasteiger partial charge is 0.252 e. The van der Waals surface area contributed by atoms with Gasteiger partial charge in [0.1, 0.15) is 6.61 Å². The molecule has 0 unspecified atom stereocenters. The lowest BCUT2D eigenvalue weighted by Crippen LogP contribution is -2.28. The molecule has 1 heterocycles. The molecule has 100 valence electrons. The number of aromatic nitrogens is 1. The van der Waals surface area contributed by atoms with Crippen molar-refractivity contribution in [3.8, 4) is 0 Å². The summed E-state index contributed by atoms with van der Waals surface area (Å²) in [7, 11) is 0. The standard InChI is InChI=1S/C13H15N3O3/c14-12(17)8-19-7-6-16-13(18)10-2-1-3-11-9(10)4-5-15-11/h1-5,15H,6-8H2,(H2,14,17)(H,16,18). The first-order valence-corrected chi connectivity index (χ1v) is 5.89. The molecule has 0 bridgehead atoms. The monoisotopic (exact) mass is 261 g/mol. The van der Waals surface area contributed by atoms with Gasteiger partial charge in [0.15, 0.2) is 0 Å². The van der Waals surface area contributed by atoms with Gasteiger partial charge in [0.05, 0.1) is 6.61 Å². The highest BCUT2D eigenvalue weighted by molar-refractivity contribution is 6.06. The van der Waals surface area contributed by atoms with E-state index in [0.29, 0.717) is 12.1 Å². The molecule has 0 atom stereocenters. The second-order valence-corrected chi connectivity index (χ2v) is 4.02. The van der Waals surface area contributed by atoms with Crippen LogP contribution >= 0.6 is 0 Å². The normalized spacial score (nSPS) is 10.5. The lowest BCUT2D eigenvalue weighted by molar-refractivity contribution is -0.122. The maximum Gasteiger partial charge on any atom is 0.252 e. The second-order valence-electron chi connectivity index (χ2n) is 4.02. The van der Waals surface area contributed by atoms with Gasteiger partial charge in [-0.2, -0.15) is 0 Å². The molecule has 2 amide bonds. The van der Waals surface area contributed by atoms with E-state index in [4.69, 9.17) is 10.5 Å². The fourth-order valence-electron chi connectivity index (χ4n) is 1.79.